The summed E-state index contributed by atoms with van der Waals surface area (Å²) < 4.78 is 0. The van der Waals surface area contributed by atoms with Gasteiger partial charge in [-0.1, -0.05) is 17.9 Å². The van der Waals surface area contributed by atoms with Crippen LogP contribution in [-0.4, -0.2) is 6.54 Å². The summed E-state index contributed by atoms with van der Waals surface area (Å²) in [6.07, 6.45) is 4.79. The largest absolute Gasteiger partial charge is 0.330 e. The quantitative estimate of drug-likeness (QED) is 0.600. The van der Waals surface area contributed by atoms with Gasteiger partial charge in [0.15, 0.2) is 0 Å². The Bertz CT molecular complexity index is 173. The molecule has 2 N–H and O–H groups in total. The molecule has 0 aromatic heterocycles. The van der Waals surface area contributed by atoms with Crippen LogP contribution in [0, 0.1) is 17.3 Å². The molecule has 0 atom stereocenters. The van der Waals surface area contributed by atoms with E-state index in [1.165, 1.54) is 0 Å². The van der Waals surface area contributed by atoms with Crippen LogP contribution in [0.1, 0.15) is 27.2 Å². The van der Waals surface area contributed by atoms with E-state index in [1.54, 1.807) is 0 Å². The zero-order chi connectivity index (χ0) is 8.74. The van der Waals surface area contributed by atoms with E-state index in [0.717, 1.165) is 6.42 Å². The predicted molar refractivity (Wildman–Crippen MR) is 50.0 cm³/mol. The summed E-state index contributed by atoms with van der Waals surface area (Å²) in [6, 6.07) is 0. The van der Waals surface area contributed by atoms with Gasteiger partial charge in [-0.15, -0.1) is 0 Å². The number of nitrogens with two attached hydrogens (primary N) is 1. The molecule has 62 valence electrons. The van der Waals surface area contributed by atoms with Gasteiger partial charge in [0, 0.05) is 5.41 Å². The standard InChI is InChI=1S/C10H17N/c1-10(2,3)8-6-4-5-7-9-11/h4-5H,7,9,11H2,1-3H3. The third-order valence-electron chi connectivity index (χ3n) is 0.982. The fraction of sp³-hybridized carbons (Fsp3) is 0.600. The van der Waals surface area contributed by atoms with Crippen molar-refractivity contribution in [3.63, 3.8) is 0 Å². The van der Waals surface area contributed by atoms with Gasteiger partial charge in [-0.05, 0) is 39.8 Å². The summed E-state index contributed by atoms with van der Waals surface area (Å²) in [6.45, 7) is 6.98. The normalized spacial score (nSPS) is 11.3. The van der Waals surface area contributed by atoms with Gasteiger partial charge in [-0.2, -0.15) is 0 Å². The fourth-order valence-electron chi connectivity index (χ4n) is 0.497. The SMILES string of the molecule is CC(C)(C)C#CC=CCCN. The van der Waals surface area contributed by atoms with Crippen LogP contribution in [0.25, 0.3) is 0 Å². The van der Waals surface area contributed by atoms with Gasteiger partial charge in [-0.3, -0.25) is 0 Å². The van der Waals surface area contributed by atoms with Gasteiger partial charge in [0.2, 0.25) is 0 Å². The summed E-state index contributed by atoms with van der Waals surface area (Å²) in [5.74, 6) is 6.08. The molecule has 0 amide bonds. The molecular formula is C10H17N. The predicted octanol–water partition coefficient (Wildman–Crippen LogP) is 1.94. The van der Waals surface area contributed by atoms with E-state index in [1.807, 2.05) is 12.2 Å². The highest BCUT2D eigenvalue weighted by molar-refractivity contribution is 5.18. The zero-order valence-corrected chi connectivity index (χ0v) is 7.65. The van der Waals surface area contributed by atoms with Crippen LogP contribution < -0.4 is 5.73 Å². The Morgan fingerprint density at radius 1 is 1.36 bits per heavy atom. The van der Waals surface area contributed by atoms with Crippen LogP contribution in [0.5, 0.6) is 0 Å². The van der Waals surface area contributed by atoms with E-state index >= 15 is 0 Å². The molecule has 0 unspecified atom stereocenters. The lowest BCUT2D eigenvalue weighted by atomic mass is 9.98. The summed E-state index contributed by atoms with van der Waals surface area (Å²) in [5, 5.41) is 0. The van der Waals surface area contributed by atoms with E-state index in [2.05, 4.69) is 32.6 Å². The molecule has 0 aliphatic carbocycles. The van der Waals surface area contributed by atoms with Crippen molar-refractivity contribution in [1.82, 2.24) is 0 Å². The first-order valence-corrected chi connectivity index (χ1v) is 3.94. The molecule has 0 saturated carbocycles. The summed E-state index contributed by atoms with van der Waals surface area (Å²) in [4.78, 5) is 0. The number of rotatable bonds is 2. The lowest BCUT2D eigenvalue weighted by Crippen LogP contribution is -1.98. The Morgan fingerprint density at radius 2 is 2.00 bits per heavy atom. The topological polar surface area (TPSA) is 26.0 Å². The van der Waals surface area contributed by atoms with E-state index in [0.29, 0.717) is 6.54 Å². The monoisotopic (exact) mass is 151 g/mol. The second kappa shape index (κ2) is 4.98. The maximum absolute atomic E-state index is 5.30. The lowest BCUT2D eigenvalue weighted by molar-refractivity contribution is 0.571. The highest BCUT2D eigenvalue weighted by atomic mass is 14.5. The highest BCUT2D eigenvalue weighted by Gasteiger charge is 2.01. The molecule has 0 heterocycles. The first-order valence-electron chi connectivity index (χ1n) is 3.94. The maximum Gasteiger partial charge on any atom is 0.0233 e. The number of allylic oxidation sites excluding steroid dienone is 1. The molecule has 0 bridgehead atoms. The minimum atomic E-state index is 0.104. The third kappa shape index (κ3) is 9.26. The van der Waals surface area contributed by atoms with Crippen molar-refractivity contribution < 1.29 is 0 Å². The van der Waals surface area contributed by atoms with Crippen LogP contribution in [0.15, 0.2) is 12.2 Å². The molecule has 0 rings (SSSR count). The first-order chi connectivity index (χ1) is 5.06. The van der Waals surface area contributed by atoms with Crippen molar-refractivity contribution in [3.8, 4) is 11.8 Å². The Labute approximate surface area is 69.7 Å². The Morgan fingerprint density at radius 3 is 2.45 bits per heavy atom. The molecule has 0 aromatic carbocycles. The maximum atomic E-state index is 5.30. The molecule has 0 aliphatic rings. The number of hydrogen-bond acceptors (Lipinski definition) is 1. The molecule has 1 heteroatoms. The second-order valence-electron chi connectivity index (χ2n) is 3.50. The van der Waals surface area contributed by atoms with Gasteiger partial charge < -0.3 is 5.73 Å². The smallest absolute Gasteiger partial charge is 0.0233 e. The highest BCUT2D eigenvalue weighted by Crippen LogP contribution is 2.09. The van der Waals surface area contributed by atoms with E-state index in [4.69, 9.17) is 5.73 Å². The van der Waals surface area contributed by atoms with Crippen LogP contribution in [0.2, 0.25) is 0 Å². The van der Waals surface area contributed by atoms with Crippen LogP contribution in [0.3, 0.4) is 0 Å². The summed E-state index contributed by atoms with van der Waals surface area (Å²) in [7, 11) is 0. The van der Waals surface area contributed by atoms with Crippen molar-refractivity contribution in [2.24, 2.45) is 11.1 Å². The van der Waals surface area contributed by atoms with Gasteiger partial charge in [-0.25, -0.2) is 0 Å². The molecule has 0 fully saturated rings. The lowest BCUT2D eigenvalue weighted by Gasteiger charge is -2.05. The first kappa shape index (κ1) is 10.3. The van der Waals surface area contributed by atoms with Crippen LogP contribution in [0.4, 0.5) is 0 Å². The van der Waals surface area contributed by atoms with Crippen molar-refractivity contribution >= 4 is 0 Å². The minimum Gasteiger partial charge on any atom is -0.330 e. The number of hydrogen-bond donors (Lipinski definition) is 1. The average molecular weight is 151 g/mol. The minimum absolute atomic E-state index is 0.104. The van der Waals surface area contributed by atoms with Gasteiger partial charge in [0.05, 0.1) is 0 Å². The van der Waals surface area contributed by atoms with Gasteiger partial charge in [0.25, 0.3) is 0 Å². The Hall–Kier alpha value is -0.740. The van der Waals surface area contributed by atoms with Gasteiger partial charge >= 0.3 is 0 Å². The molecule has 0 radical (unpaired) electrons. The molecule has 11 heavy (non-hydrogen) atoms. The average Bonchev–Trinajstić information content (AvgIpc) is 1.85. The second-order valence-corrected chi connectivity index (χ2v) is 3.50. The Balaban J connectivity index is 3.72. The third-order valence-corrected chi connectivity index (χ3v) is 0.982. The van der Waals surface area contributed by atoms with Gasteiger partial charge in [0.1, 0.15) is 0 Å². The fourth-order valence-corrected chi connectivity index (χ4v) is 0.497. The molecule has 0 aliphatic heterocycles. The zero-order valence-electron chi connectivity index (χ0n) is 7.65. The molecule has 0 spiro atoms. The van der Waals surface area contributed by atoms with Crippen LogP contribution in [-0.2, 0) is 0 Å². The van der Waals surface area contributed by atoms with Crippen molar-refractivity contribution in [2.45, 2.75) is 27.2 Å². The van der Waals surface area contributed by atoms with E-state index in [9.17, 15) is 0 Å². The van der Waals surface area contributed by atoms with Crippen molar-refractivity contribution in [2.75, 3.05) is 6.54 Å². The van der Waals surface area contributed by atoms with E-state index in [-0.39, 0.29) is 5.41 Å². The van der Waals surface area contributed by atoms with Crippen molar-refractivity contribution in [1.29, 1.82) is 0 Å². The molecular weight excluding hydrogens is 134 g/mol. The summed E-state index contributed by atoms with van der Waals surface area (Å²) >= 11 is 0. The molecule has 0 aromatic rings. The molecule has 0 saturated heterocycles. The van der Waals surface area contributed by atoms with Crippen molar-refractivity contribution in [3.05, 3.63) is 12.2 Å². The molecule has 1 nitrogen and oxygen atoms in total. The Kier molecular flexibility index (Phi) is 4.65. The summed E-state index contributed by atoms with van der Waals surface area (Å²) in [5.41, 5.74) is 5.40. The van der Waals surface area contributed by atoms with E-state index < -0.39 is 0 Å². The van der Waals surface area contributed by atoms with Crippen LogP contribution >= 0.6 is 0 Å².